The summed E-state index contributed by atoms with van der Waals surface area (Å²) in [5, 5.41) is 0. The van der Waals surface area contributed by atoms with Crippen molar-refractivity contribution >= 4 is 20.4 Å². The molecule has 0 aliphatic rings. The first kappa shape index (κ1) is 19.7. The van der Waals surface area contributed by atoms with Gasteiger partial charge in [0.15, 0.2) is 0 Å². The van der Waals surface area contributed by atoms with Crippen LogP contribution in [0.15, 0.2) is 0 Å². The SMILES string of the molecule is CC(C)N(C(C)C)[CH](C)[Mg][CH](C)N(C(C)C)C(C)C. The Labute approximate surface area is 132 Å². The van der Waals surface area contributed by atoms with Crippen molar-refractivity contribution in [1.82, 2.24) is 9.80 Å². The number of nitrogens with zero attached hydrogens (tertiary/aromatic N) is 2. The van der Waals surface area contributed by atoms with E-state index in [1.807, 2.05) is 0 Å². The Hall–Kier alpha value is 0.686. The van der Waals surface area contributed by atoms with Gasteiger partial charge in [-0.1, -0.05) is 22.2 Å². The molecule has 0 aromatic carbocycles. The van der Waals surface area contributed by atoms with Gasteiger partial charge in [0.2, 0.25) is 0 Å². The minimum Gasteiger partial charge on any atom is -0.321 e. The van der Waals surface area contributed by atoms with Crippen molar-refractivity contribution in [1.29, 1.82) is 0 Å². The van der Waals surface area contributed by atoms with Gasteiger partial charge in [0.1, 0.15) is 0 Å². The molecule has 112 valence electrons. The minimum atomic E-state index is -0.154. The molecule has 0 heterocycles. The van der Waals surface area contributed by atoms with Gasteiger partial charge in [0.25, 0.3) is 0 Å². The Balaban J connectivity index is 4.72. The normalized spacial score (nSPS) is 16.0. The van der Waals surface area contributed by atoms with E-state index in [0.29, 0.717) is 24.2 Å². The van der Waals surface area contributed by atoms with E-state index in [-0.39, 0.29) is 20.4 Å². The van der Waals surface area contributed by atoms with E-state index < -0.39 is 0 Å². The highest BCUT2D eigenvalue weighted by Gasteiger charge is 2.28. The van der Waals surface area contributed by atoms with Crippen molar-refractivity contribution in [2.24, 2.45) is 0 Å². The second-order valence-corrected chi connectivity index (χ2v) is 10.0. The minimum absolute atomic E-state index is 0.154. The van der Waals surface area contributed by atoms with E-state index in [0.717, 1.165) is 8.34 Å². The Morgan fingerprint density at radius 3 is 0.842 bits per heavy atom. The van der Waals surface area contributed by atoms with Gasteiger partial charge >= 0.3 is 20.4 Å². The van der Waals surface area contributed by atoms with Gasteiger partial charge < -0.3 is 9.80 Å². The summed E-state index contributed by atoms with van der Waals surface area (Å²) >= 11 is -0.154. The third-order valence-corrected chi connectivity index (χ3v) is 6.29. The standard InChI is InChI=1S/2C8H18N.Mg/c2*1-6-9(7(2)3)8(4)5;/h2*6-8H,1-5H3;. The molecule has 0 aliphatic heterocycles. The number of hydrogen-bond acceptors (Lipinski definition) is 2. The van der Waals surface area contributed by atoms with E-state index in [1.54, 1.807) is 0 Å². The highest BCUT2D eigenvalue weighted by atomic mass is 24.5. The highest BCUT2D eigenvalue weighted by molar-refractivity contribution is 6.39. The van der Waals surface area contributed by atoms with Crippen molar-refractivity contribution in [3.8, 4) is 0 Å². The zero-order valence-corrected chi connectivity index (χ0v) is 16.5. The lowest BCUT2D eigenvalue weighted by atomic mass is 10.2. The van der Waals surface area contributed by atoms with Gasteiger partial charge in [-0.05, 0) is 55.4 Å². The largest absolute Gasteiger partial charge is 0.417 e. The van der Waals surface area contributed by atoms with E-state index in [9.17, 15) is 0 Å². The van der Waals surface area contributed by atoms with Crippen LogP contribution in [0.2, 0.25) is 0 Å². The molecule has 0 aromatic rings. The first-order valence-corrected chi connectivity index (χ1v) is 9.77. The van der Waals surface area contributed by atoms with Crippen molar-refractivity contribution < 1.29 is 0 Å². The predicted octanol–water partition coefficient (Wildman–Crippen LogP) is 3.62. The van der Waals surface area contributed by atoms with E-state index >= 15 is 0 Å². The van der Waals surface area contributed by atoms with Crippen LogP contribution in [0, 0.1) is 0 Å². The van der Waals surface area contributed by atoms with Crippen LogP contribution in [0.4, 0.5) is 0 Å². The molecule has 0 aromatic heterocycles. The second-order valence-electron chi connectivity index (χ2n) is 7.20. The lowest BCUT2D eigenvalue weighted by molar-refractivity contribution is 0.142. The predicted molar refractivity (Wildman–Crippen MR) is 88.9 cm³/mol. The zero-order valence-electron chi connectivity index (χ0n) is 15.1. The fourth-order valence-corrected chi connectivity index (χ4v) is 7.13. The lowest BCUT2D eigenvalue weighted by Crippen LogP contribution is -2.54. The van der Waals surface area contributed by atoms with E-state index in [1.165, 1.54) is 0 Å². The summed E-state index contributed by atoms with van der Waals surface area (Å²) in [7, 11) is 0. The molecule has 0 saturated heterocycles. The molecule has 2 unspecified atom stereocenters. The van der Waals surface area contributed by atoms with Crippen LogP contribution in [-0.4, -0.2) is 62.7 Å². The van der Waals surface area contributed by atoms with Gasteiger partial charge in [0.05, 0.1) is 0 Å². The summed E-state index contributed by atoms with van der Waals surface area (Å²) < 4.78 is 1.55. The first-order chi connectivity index (χ1) is 8.59. The van der Waals surface area contributed by atoms with Crippen molar-refractivity contribution in [3.63, 3.8) is 0 Å². The summed E-state index contributed by atoms with van der Waals surface area (Å²) in [6.45, 7) is 23.5. The molecule has 0 aliphatic carbocycles. The third kappa shape index (κ3) is 6.32. The molecule has 0 rings (SSSR count). The second kappa shape index (κ2) is 8.86. The lowest BCUT2D eigenvalue weighted by Gasteiger charge is -2.42. The molecule has 3 heteroatoms. The average Bonchev–Trinajstić information content (AvgIpc) is 2.13. The zero-order chi connectivity index (χ0) is 15.3. The average molecular weight is 281 g/mol. The van der Waals surface area contributed by atoms with Crippen LogP contribution < -0.4 is 0 Å². The van der Waals surface area contributed by atoms with Crippen molar-refractivity contribution in [2.45, 2.75) is 102 Å². The van der Waals surface area contributed by atoms with Gasteiger partial charge in [-0.2, -0.15) is 0 Å². The van der Waals surface area contributed by atoms with Crippen molar-refractivity contribution in [3.05, 3.63) is 0 Å². The van der Waals surface area contributed by atoms with Gasteiger partial charge in [-0.25, -0.2) is 0 Å². The van der Waals surface area contributed by atoms with Crippen LogP contribution >= 0.6 is 0 Å². The molecule has 0 N–H and O–H groups in total. The van der Waals surface area contributed by atoms with E-state index in [4.69, 9.17) is 0 Å². The Bertz CT molecular complexity index is 199. The molecule has 0 radical (unpaired) electrons. The van der Waals surface area contributed by atoms with Crippen LogP contribution in [-0.2, 0) is 0 Å². The Morgan fingerprint density at radius 2 is 0.684 bits per heavy atom. The first-order valence-electron chi connectivity index (χ1n) is 8.14. The quantitative estimate of drug-likeness (QED) is 0.627. The third-order valence-electron chi connectivity index (χ3n) is 4.09. The Morgan fingerprint density at radius 1 is 0.474 bits per heavy atom. The molecular formula is C16H36MgN2. The topological polar surface area (TPSA) is 6.48 Å². The summed E-state index contributed by atoms with van der Waals surface area (Å²) in [4.78, 5) is 5.39. The summed E-state index contributed by atoms with van der Waals surface area (Å²) in [6, 6.07) is 2.62. The fraction of sp³-hybridized carbons (Fsp3) is 1.00. The molecule has 0 amide bonds. The molecule has 0 spiro atoms. The summed E-state index contributed by atoms with van der Waals surface area (Å²) in [6.07, 6.45) is 0. The smallest absolute Gasteiger partial charge is 0.321 e. The van der Waals surface area contributed by atoms with Crippen LogP contribution in [0.5, 0.6) is 0 Å². The fourth-order valence-electron chi connectivity index (χ4n) is 3.97. The maximum absolute atomic E-state index is 2.70. The van der Waals surface area contributed by atoms with Gasteiger partial charge in [-0.15, -0.1) is 0 Å². The molecule has 0 fully saturated rings. The van der Waals surface area contributed by atoms with Crippen LogP contribution in [0.25, 0.3) is 0 Å². The number of rotatable bonds is 8. The monoisotopic (exact) mass is 280 g/mol. The van der Waals surface area contributed by atoms with E-state index in [2.05, 4.69) is 79.0 Å². The maximum atomic E-state index is 2.70. The van der Waals surface area contributed by atoms with Crippen molar-refractivity contribution in [2.75, 3.05) is 0 Å². The Kier molecular flexibility index (Phi) is 9.18. The number of hydrogen-bond donors (Lipinski definition) is 0. The molecule has 0 bridgehead atoms. The summed E-state index contributed by atoms with van der Waals surface area (Å²) in [5.74, 6) is 0. The summed E-state index contributed by atoms with van der Waals surface area (Å²) in [5.41, 5.74) is 0. The van der Waals surface area contributed by atoms with Gasteiger partial charge in [0, 0.05) is 24.2 Å². The molecule has 2 nitrogen and oxygen atoms in total. The van der Waals surface area contributed by atoms with Gasteiger partial charge in [-0.3, -0.25) is 0 Å². The van der Waals surface area contributed by atoms with Crippen LogP contribution in [0.3, 0.4) is 0 Å². The molecular weight excluding hydrogens is 244 g/mol. The maximum Gasteiger partial charge on any atom is 0.417 e. The molecule has 2 atom stereocenters. The highest BCUT2D eigenvalue weighted by Crippen LogP contribution is 2.15. The molecule has 0 saturated carbocycles. The molecule has 19 heavy (non-hydrogen) atoms. The van der Waals surface area contributed by atoms with Crippen LogP contribution in [0.1, 0.15) is 69.2 Å².